The summed E-state index contributed by atoms with van der Waals surface area (Å²) in [6.45, 7) is 4.40. The Balaban J connectivity index is 1.82. The number of nitrogens with two attached hydrogens (primary N) is 2. The van der Waals surface area contributed by atoms with Gasteiger partial charge in [0, 0.05) is 25.6 Å². The molecule has 0 aromatic rings. The Kier molecular flexibility index (Phi) is 4.67. The molecular formula is C16H25N5O5. The minimum absolute atomic E-state index is 0.0100. The Morgan fingerprint density at radius 3 is 2.58 bits per heavy atom. The summed E-state index contributed by atoms with van der Waals surface area (Å²) in [5.41, 5.74) is 11.4. The minimum atomic E-state index is -1.16. The number of aliphatic hydroxyl groups is 2. The number of carboxylic acid groups (broad SMARTS) is 1. The monoisotopic (exact) mass is 367 g/mol. The van der Waals surface area contributed by atoms with Gasteiger partial charge >= 0.3 is 5.97 Å². The number of carbonyl (C=O) groups is 2. The fraction of sp³-hybridized carbons (Fsp3) is 0.688. The van der Waals surface area contributed by atoms with Crippen molar-refractivity contribution in [3.8, 4) is 0 Å². The zero-order chi connectivity index (χ0) is 19.3. The van der Waals surface area contributed by atoms with E-state index in [4.69, 9.17) is 11.5 Å². The number of aliphatic hydroxyl groups excluding tert-OH is 2. The molecule has 3 heterocycles. The Morgan fingerprint density at radius 2 is 2.04 bits per heavy atom. The highest BCUT2D eigenvalue weighted by Gasteiger charge is 2.59. The molecule has 0 aromatic heterocycles. The van der Waals surface area contributed by atoms with Crippen molar-refractivity contribution in [3.63, 3.8) is 0 Å². The van der Waals surface area contributed by atoms with Gasteiger partial charge in [0.15, 0.2) is 5.96 Å². The number of amides is 1. The van der Waals surface area contributed by atoms with Crippen LogP contribution in [0, 0.1) is 11.8 Å². The summed E-state index contributed by atoms with van der Waals surface area (Å²) in [5, 5.41) is 29.6. The van der Waals surface area contributed by atoms with Gasteiger partial charge in [-0.15, -0.1) is 0 Å². The van der Waals surface area contributed by atoms with Gasteiger partial charge in [0.1, 0.15) is 5.70 Å². The molecule has 2 saturated heterocycles. The quantitative estimate of drug-likeness (QED) is 0.202. The fourth-order valence-corrected chi connectivity index (χ4v) is 4.39. The number of β-lactam (4-membered cyclic amide) rings is 1. The standard InChI is InChI=1S/C16H25N5O5/c1-6-8(3-20-4-9(10(23)5-20)19-16(17)18)13(15(25)26)21-12(6)11(7(2)22)14(21)24/h6-7,9-12,22-23H,3-5H2,1-2H3,(H,25,26)(H4,17,18,19)/t6-,7+,9-,10-,11?,12+/m0/s1. The van der Waals surface area contributed by atoms with Gasteiger partial charge in [-0.25, -0.2) is 9.79 Å². The molecule has 0 aromatic carbocycles. The van der Waals surface area contributed by atoms with Crippen molar-refractivity contribution in [2.45, 2.75) is 38.1 Å². The highest BCUT2D eigenvalue weighted by atomic mass is 16.4. The number of nitrogens with zero attached hydrogens (tertiary/aromatic N) is 3. The average Bonchev–Trinajstić information content (AvgIpc) is 2.96. The molecule has 144 valence electrons. The third kappa shape index (κ3) is 2.83. The molecule has 10 nitrogen and oxygen atoms in total. The van der Waals surface area contributed by atoms with Crippen molar-refractivity contribution in [3.05, 3.63) is 11.3 Å². The van der Waals surface area contributed by atoms with E-state index in [0.717, 1.165) is 0 Å². The van der Waals surface area contributed by atoms with Gasteiger partial charge in [-0.05, 0) is 12.5 Å². The number of hydrogen-bond donors (Lipinski definition) is 5. The van der Waals surface area contributed by atoms with Crippen molar-refractivity contribution >= 4 is 17.8 Å². The number of carbonyl (C=O) groups excluding carboxylic acids is 1. The third-order valence-electron chi connectivity index (χ3n) is 5.56. The zero-order valence-corrected chi connectivity index (χ0v) is 14.7. The largest absolute Gasteiger partial charge is 0.477 e. The van der Waals surface area contributed by atoms with E-state index in [1.807, 2.05) is 11.8 Å². The van der Waals surface area contributed by atoms with Crippen LogP contribution in [0.4, 0.5) is 0 Å². The molecule has 0 bridgehead atoms. The second kappa shape index (κ2) is 6.53. The molecule has 2 fully saturated rings. The first-order valence-electron chi connectivity index (χ1n) is 8.60. The Morgan fingerprint density at radius 1 is 1.38 bits per heavy atom. The minimum Gasteiger partial charge on any atom is -0.477 e. The number of fused-ring (bicyclic) bond motifs is 1. The maximum Gasteiger partial charge on any atom is 0.352 e. The van der Waals surface area contributed by atoms with E-state index < -0.39 is 30.1 Å². The van der Waals surface area contributed by atoms with Crippen LogP contribution in [0.25, 0.3) is 0 Å². The van der Waals surface area contributed by atoms with Crippen molar-refractivity contribution in [1.29, 1.82) is 0 Å². The molecule has 7 N–H and O–H groups in total. The van der Waals surface area contributed by atoms with E-state index in [1.54, 1.807) is 6.92 Å². The van der Waals surface area contributed by atoms with Crippen molar-refractivity contribution in [2.75, 3.05) is 19.6 Å². The van der Waals surface area contributed by atoms with Crippen LogP contribution in [0.1, 0.15) is 13.8 Å². The van der Waals surface area contributed by atoms with Gasteiger partial charge in [0.2, 0.25) is 5.91 Å². The molecule has 3 rings (SSSR count). The second-order valence-electron chi connectivity index (χ2n) is 7.32. The number of aliphatic carboxylic acids is 1. The molecule has 26 heavy (non-hydrogen) atoms. The smallest absolute Gasteiger partial charge is 0.352 e. The third-order valence-corrected chi connectivity index (χ3v) is 5.56. The lowest BCUT2D eigenvalue weighted by Gasteiger charge is -2.46. The Bertz CT molecular complexity index is 687. The SMILES string of the molecule is C[C@@H](O)C1C(=O)N2C(C(=O)O)=C(CN3C[C@H](N=C(N)N)[C@@H](O)C3)[C@H](C)[C@H]12. The first kappa shape index (κ1) is 18.6. The number of β-amino-alcohol motifs (C(OH)–C–C–N with tert-alkyl or cyclic N) is 1. The first-order chi connectivity index (χ1) is 12.1. The Labute approximate surface area is 150 Å². The maximum atomic E-state index is 12.3. The van der Waals surface area contributed by atoms with Gasteiger partial charge in [-0.3, -0.25) is 9.69 Å². The number of likely N-dealkylation sites (tertiary alicyclic amines) is 1. The topological polar surface area (TPSA) is 166 Å². The molecule has 0 aliphatic carbocycles. The number of rotatable bonds is 5. The van der Waals surface area contributed by atoms with Crippen LogP contribution in [0.5, 0.6) is 0 Å². The van der Waals surface area contributed by atoms with Crippen LogP contribution in [-0.2, 0) is 9.59 Å². The van der Waals surface area contributed by atoms with Crippen LogP contribution in [0.15, 0.2) is 16.3 Å². The van der Waals surface area contributed by atoms with Crippen LogP contribution < -0.4 is 11.5 Å². The predicted molar refractivity (Wildman–Crippen MR) is 91.7 cm³/mol. The average molecular weight is 367 g/mol. The lowest BCUT2D eigenvalue weighted by Crippen LogP contribution is -2.63. The molecule has 3 aliphatic heterocycles. The van der Waals surface area contributed by atoms with Gasteiger partial charge in [-0.1, -0.05) is 6.92 Å². The van der Waals surface area contributed by atoms with Crippen molar-refractivity contribution in [1.82, 2.24) is 9.80 Å². The first-order valence-corrected chi connectivity index (χ1v) is 8.60. The van der Waals surface area contributed by atoms with Gasteiger partial charge < -0.3 is 31.7 Å². The predicted octanol–water partition coefficient (Wildman–Crippen LogP) is -2.50. The Hall–Kier alpha value is -2.17. The van der Waals surface area contributed by atoms with Crippen LogP contribution in [0.2, 0.25) is 0 Å². The molecule has 0 radical (unpaired) electrons. The summed E-state index contributed by atoms with van der Waals surface area (Å²) in [4.78, 5) is 31.3. The van der Waals surface area contributed by atoms with Crippen LogP contribution in [-0.4, -0.2) is 86.9 Å². The summed E-state index contributed by atoms with van der Waals surface area (Å²) >= 11 is 0. The molecule has 10 heteroatoms. The molecule has 1 unspecified atom stereocenters. The van der Waals surface area contributed by atoms with E-state index in [1.165, 1.54) is 4.90 Å². The summed E-state index contributed by atoms with van der Waals surface area (Å²) in [6, 6.07) is -0.806. The highest BCUT2D eigenvalue weighted by Crippen LogP contribution is 2.47. The lowest BCUT2D eigenvalue weighted by atomic mass is 9.77. The number of carboxylic acids is 1. The lowest BCUT2D eigenvalue weighted by molar-refractivity contribution is -0.163. The number of aliphatic imine (C=N–C) groups is 1. The molecular weight excluding hydrogens is 342 g/mol. The van der Waals surface area contributed by atoms with E-state index in [-0.39, 0.29) is 29.5 Å². The fourth-order valence-electron chi connectivity index (χ4n) is 4.39. The summed E-state index contributed by atoms with van der Waals surface area (Å²) in [5.74, 6) is -2.41. The number of hydrogen-bond acceptors (Lipinski definition) is 6. The van der Waals surface area contributed by atoms with Gasteiger partial charge in [0.05, 0.1) is 30.2 Å². The van der Waals surface area contributed by atoms with Gasteiger partial charge in [0.25, 0.3) is 0 Å². The summed E-state index contributed by atoms with van der Waals surface area (Å²) in [7, 11) is 0. The maximum absolute atomic E-state index is 12.3. The van der Waals surface area contributed by atoms with Crippen LogP contribution >= 0.6 is 0 Å². The second-order valence-corrected chi connectivity index (χ2v) is 7.32. The van der Waals surface area contributed by atoms with Crippen molar-refractivity contribution < 1.29 is 24.9 Å². The van der Waals surface area contributed by atoms with Gasteiger partial charge in [-0.2, -0.15) is 0 Å². The van der Waals surface area contributed by atoms with E-state index in [0.29, 0.717) is 25.2 Å². The molecule has 3 aliphatic rings. The zero-order valence-electron chi connectivity index (χ0n) is 14.7. The molecule has 0 saturated carbocycles. The van der Waals surface area contributed by atoms with Crippen LogP contribution in [0.3, 0.4) is 0 Å². The summed E-state index contributed by atoms with van der Waals surface area (Å²) in [6.07, 6.45) is -1.58. The summed E-state index contributed by atoms with van der Waals surface area (Å²) < 4.78 is 0. The highest BCUT2D eigenvalue weighted by molar-refractivity contribution is 6.00. The van der Waals surface area contributed by atoms with E-state index in [9.17, 15) is 24.9 Å². The molecule has 1 amide bonds. The molecule has 0 spiro atoms. The normalized spacial score (nSPS) is 35.3. The van der Waals surface area contributed by atoms with E-state index >= 15 is 0 Å². The van der Waals surface area contributed by atoms with E-state index in [2.05, 4.69) is 4.99 Å². The number of guanidine groups is 1. The van der Waals surface area contributed by atoms with Crippen molar-refractivity contribution in [2.24, 2.45) is 28.3 Å². The molecule has 6 atom stereocenters.